The Hall–Kier alpha value is -1.63. The summed E-state index contributed by atoms with van der Waals surface area (Å²) in [6, 6.07) is 6.68. The Morgan fingerprint density at radius 3 is 2.33 bits per heavy atom. The zero-order valence-corrected chi connectivity index (χ0v) is 14.6. The summed E-state index contributed by atoms with van der Waals surface area (Å²) in [4.78, 5) is 14.0. The van der Waals surface area contributed by atoms with Crippen LogP contribution < -0.4 is 10.2 Å². The molecule has 0 radical (unpaired) electrons. The van der Waals surface area contributed by atoms with Crippen LogP contribution in [0.2, 0.25) is 0 Å². The first-order valence-corrected chi connectivity index (χ1v) is 10.2. The number of benzene rings is 1. The van der Waals surface area contributed by atoms with Crippen molar-refractivity contribution < 1.29 is 17.6 Å². The quantitative estimate of drug-likeness (QED) is 0.877. The van der Waals surface area contributed by atoms with Crippen molar-refractivity contribution in [3.05, 3.63) is 24.3 Å². The van der Waals surface area contributed by atoms with E-state index < -0.39 is 15.5 Å². The SMILES string of the molecule is CS(=O)(=O)c1ccc(N2CCC(F)(CNC(=O)C3CC3)CC2)cc1. The molecule has 1 N–H and O–H groups in total. The summed E-state index contributed by atoms with van der Waals surface area (Å²) in [5.41, 5.74) is -0.459. The number of anilines is 1. The molecule has 1 aromatic carbocycles. The normalized spacial score (nSPS) is 20.7. The summed E-state index contributed by atoms with van der Waals surface area (Å²) in [7, 11) is -3.21. The molecule has 0 aromatic heterocycles. The topological polar surface area (TPSA) is 66.5 Å². The molecular formula is C17H23FN2O3S. The highest BCUT2D eigenvalue weighted by Gasteiger charge is 2.37. The van der Waals surface area contributed by atoms with Gasteiger partial charge in [0.1, 0.15) is 5.67 Å². The van der Waals surface area contributed by atoms with Crippen molar-refractivity contribution in [2.45, 2.75) is 36.2 Å². The van der Waals surface area contributed by atoms with Gasteiger partial charge in [-0.3, -0.25) is 4.79 Å². The van der Waals surface area contributed by atoms with Crippen LogP contribution >= 0.6 is 0 Å². The second-order valence-electron chi connectivity index (χ2n) is 6.90. The van der Waals surface area contributed by atoms with Crippen LogP contribution in [0.5, 0.6) is 0 Å². The number of hydrogen-bond acceptors (Lipinski definition) is 4. The third-order valence-corrected chi connectivity index (χ3v) is 5.95. The van der Waals surface area contributed by atoms with Gasteiger partial charge in [0.05, 0.1) is 11.4 Å². The van der Waals surface area contributed by atoms with E-state index in [2.05, 4.69) is 5.32 Å². The molecule has 3 rings (SSSR count). The number of halogens is 1. The molecule has 5 nitrogen and oxygen atoms in total. The molecule has 1 saturated carbocycles. The molecule has 1 saturated heterocycles. The van der Waals surface area contributed by atoms with Crippen LogP contribution in [-0.2, 0) is 14.6 Å². The van der Waals surface area contributed by atoms with Crippen LogP contribution in [-0.4, -0.2) is 45.9 Å². The molecule has 0 spiro atoms. The number of amides is 1. The molecule has 1 heterocycles. The molecule has 2 fully saturated rings. The Labute approximate surface area is 142 Å². The predicted molar refractivity (Wildman–Crippen MR) is 90.6 cm³/mol. The van der Waals surface area contributed by atoms with Crippen molar-refractivity contribution in [3.63, 3.8) is 0 Å². The fourth-order valence-electron chi connectivity index (χ4n) is 2.98. The molecule has 1 aliphatic carbocycles. The maximum atomic E-state index is 14.8. The summed E-state index contributed by atoms with van der Waals surface area (Å²) < 4.78 is 37.8. The lowest BCUT2D eigenvalue weighted by Gasteiger charge is -2.37. The van der Waals surface area contributed by atoms with Gasteiger partial charge in [-0.05, 0) is 37.1 Å². The van der Waals surface area contributed by atoms with E-state index in [4.69, 9.17) is 0 Å². The number of carbonyl (C=O) groups is 1. The minimum Gasteiger partial charge on any atom is -0.371 e. The number of rotatable bonds is 5. The second-order valence-corrected chi connectivity index (χ2v) is 8.91. The maximum absolute atomic E-state index is 14.8. The predicted octanol–water partition coefficient (Wildman–Crippen LogP) is 1.92. The molecule has 0 bridgehead atoms. The monoisotopic (exact) mass is 354 g/mol. The van der Waals surface area contributed by atoms with Crippen LogP contribution in [0.3, 0.4) is 0 Å². The molecule has 1 aliphatic heterocycles. The Bertz CT molecular complexity index is 706. The third kappa shape index (κ3) is 4.06. The van der Waals surface area contributed by atoms with Gasteiger partial charge in [0.25, 0.3) is 0 Å². The number of hydrogen-bond donors (Lipinski definition) is 1. The van der Waals surface area contributed by atoms with Crippen molar-refractivity contribution in [1.29, 1.82) is 0 Å². The Morgan fingerprint density at radius 2 is 1.83 bits per heavy atom. The zero-order chi connectivity index (χ0) is 17.4. The van der Waals surface area contributed by atoms with Crippen molar-refractivity contribution in [3.8, 4) is 0 Å². The number of carbonyl (C=O) groups excluding carboxylic acids is 1. The Balaban J connectivity index is 1.55. The third-order valence-electron chi connectivity index (χ3n) is 4.82. The van der Waals surface area contributed by atoms with Crippen molar-refractivity contribution in [2.75, 3.05) is 30.8 Å². The van der Waals surface area contributed by atoms with Crippen molar-refractivity contribution in [1.82, 2.24) is 5.32 Å². The van der Waals surface area contributed by atoms with Gasteiger partial charge in [0.2, 0.25) is 5.91 Å². The Morgan fingerprint density at radius 1 is 1.25 bits per heavy atom. The number of alkyl halides is 1. The molecule has 1 aromatic rings. The molecule has 0 atom stereocenters. The van der Waals surface area contributed by atoms with Crippen LogP contribution in [0.25, 0.3) is 0 Å². The summed E-state index contributed by atoms with van der Waals surface area (Å²) in [6.07, 6.45) is 3.72. The standard InChI is InChI=1S/C17H23FN2O3S/c1-24(22,23)15-6-4-14(5-7-15)20-10-8-17(18,9-11-20)12-19-16(21)13-2-3-13/h4-7,13H,2-3,8-12H2,1H3,(H,19,21). The summed E-state index contributed by atoms with van der Waals surface area (Å²) >= 11 is 0. The maximum Gasteiger partial charge on any atom is 0.223 e. The van der Waals surface area contributed by atoms with E-state index in [-0.39, 0.29) is 23.3 Å². The van der Waals surface area contributed by atoms with Gasteiger partial charge in [-0.2, -0.15) is 0 Å². The largest absolute Gasteiger partial charge is 0.371 e. The second kappa shape index (κ2) is 6.35. The van der Waals surface area contributed by atoms with Gasteiger partial charge in [0.15, 0.2) is 9.84 Å². The zero-order valence-electron chi connectivity index (χ0n) is 13.8. The highest BCUT2D eigenvalue weighted by atomic mass is 32.2. The van der Waals surface area contributed by atoms with Crippen LogP contribution in [0.4, 0.5) is 10.1 Å². The van der Waals surface area contributed by atoms with E-state index in [9.17, 15) is 17.6 Å². The average Bonchev–Trinajstić information content (AvgIpc) is 3.38. The molecule has 1 amide bonds. The van der Waals surface area contributed by atoms with E-state index in [0.29, 0.717) is 25.9 Å². The smallest absolute Gasteiger partial charge is 0.223 e. The minimum atomic E-state index is -3.21. The highest BCUT2D eigenvalue weighted by Crippen LogP contribution is 2.31. The van der Waals surface area contributed by atoms with Gasteiger partial charge in [-0.25, -0.2) is 12.8 Å². The van der Waals surface area contributed by atoms with Gasteiger partial charge in [-0.15, -0.1) is 0 Å². The van der Waals surface area contributed by atoms with E-state index in [0.717, 1.165) is 18.5 Å². The molecule has 24 heavy (non-hydrogen) atoms. The number of nitrogens with zero attached hydrogens (tertiary/aromatic N) is 1. The van der Waals surface area contributed by atoms with Crippen molar-refractivity contribution in [2.24, 2.45) is 5.92 Å². The van der Waals surface area contributed by atoms with Crippen LogP contribution in [0.15, 0.2) is 29.2 Å². The van der Waals surface area contributed by atoms with Crippen molar-refractivity contribution >= 4 is 21.4 Å². The first kappa shape index (κ1) is 17.2. The lowest BCUT2D eigenvalue weighted by atomic mass is 9.93. The van der Waals surface area contributed by atoms with E-state index in [1.807, 2.05) is 4.90 Å². The summed E-state index contributed by atoms with van der Waals surface area (Å²) in [5, 5.41) is 2.73. The van der Waals surface area contributed by atoms with Crippen LogP contribution in [0, 0.1) is 5.92 Å². The molecule has 0 unspecified atom stereocenters. The van der Waals surface area contributed by atoms with Crippen LogP contribution in [0.1, 0.15) is 25.7 Å². The van der Waals surface area contributed by atoms with Gasteiger partial charge >= 0.3 is 0 Å². The van der Waals surface area contributed by atoms with E-state index in [1.54, 1.807) is 24.3 Å². The lowest BCUT2D eigenvalue weighted by Crippen LogP contribution is -2.48. The number of piperidine rings is 1. The molecule has 2 aliphatic rings. The lowest BCUT2D eigenvalue weighted by molar-refractivity contribution is -0.123. The summed E-state index contributed by atoms with van der Waals surface area (Å²) in [5.74, 6) is 0.0767. The number of sulfone groups is 1. The van der Waals surface area contributed by atoms with Gasteiger partial charge < -0.3 is 10.2 Å². The summed E-state index contributed by atoms with van der Waals surface area (Å²) in [6.45, 7) is 1.19. The average molecular weight is 354 g/mol. The minimum absolute atomic E-state index is 0.0224. The first-order valence-electron chi connectivity index (χ1n) is 8.29. The fourth-order valence-corrected chi connectivity index (χ4v) is 3.61. The first-order chi connectivity index (χ1) is 11.3. The molecule has 7 heteroatoms. The number of nitrogens with one attached hydrogen (secondary N) is 1. The Kier molecular flexibility index (Phi) is 4.55. The molecule has 132 valence electrons. The van der Waals surface area contributed by atoms with Gasteiger partial charge in [0, 0.05) is 43.8 Å². The fraction of sp³-hybridized carbons (Fsp3) is 0.588. The van der Waals surface area contributed by atoms with Gasteiger partial charge in [-0.1, -0.05) is 0 Å². The van der Waals surface area contributed by atoms with E-state index in [1.165, 1.54) is 6.26 Å². The molecular weight excluding hydrogens is 331 g/mol. The van der Waals surface area contributed by atoms with E-state index >= 15 is 0 Å². The highest BCUT2D eigenvalue weighted by molar-refractivity contribution is 7.90.